The second-order valence-corrected chi connectivity index (χ2v) is 10.4. The standard InChI is InChI=1S/C14H25N2O7PS/c1-10(17)22-9-14(2,3)12-13(19)16-6-5-11(18)15-7-8-25-24(20,21-4)23-12/h12H,5-9H2,1-4H3,(H,15,18)(H,16,19)/t12-,24?/m0/s1. The Morgan fingerprint density at radius 3 is 2.64 bits per heavy atom. The molecule has 2 N–H and O–H groups in total. The Bertz CT molecular complexity index is 555. The molecule has 1 fully saturated rings. The van der Waals surface area contributed by atoms with E-state index in [9.17, 15) is 18.9 Å². The van der Waals surface area contributed by atoms with Crippen LogP contribution in [-0.2, 0) is 32.7 Å². The van der Waals surface area contributed by atoms with E-state index < -0.39 is 30.2 Å². The van der Waals surface area contributed by atoms with Crippen molar-refractivity contribution >= 4 is 36.0 Å². The van der Waals surface area contributed by atoms with E-state index >= 15 is 0 Å². The van der Waals surface area contributed by atoms with Gasteiger partial charge in [0, 0.05) is 44.7 Å². The van der Waals surface area contributed by atoms with E-state index in [2.05, 4.69) is 10.6 Å². The Balaban J connectivity index is 3.04. The smallest absolute Gasteiger partial charge is 0.389 e. The molecule has 2 atom stereocenters. The van der Waals surface area contributed by atoms with E-state index in [1.807, 2.05) is 0 Å². The average molecular weight is 396 g/mol. The van der Waals surface area contributed by atoms with Gasteiger partial charge in [-0.3, -0.25) is 18.9 Å². The molecule has 2 amide bonds. The Labute approximate surface area is 151 Å². The third-order valence-corrected chi connectivity index (χ3v) is 7.20. The Morgan fingerprint density at radius 2 is 2.04 bits per heavy atom. The number of esters is 1. The fourth-order valence-corrected chi connectivity index (χ4v) is 5.00. The lowest BCUT2D eigenvalue weighted by atomic mass is 9.87. The largest absolute Gasteiger partial charge is 0.465 e. The highest BCUT2D eigenvalue weighted by atomic mass is 32.7. The molecular weight excluding hydrogens is 371 g/mol. The molecule has 144 valence electrons. The van der Waals surface area contributed by atoms with Crippen LogP contribution in [-0.4, -0.2) is 56.4 Å². The van der Waals surface area contributed by atoms with Gasteiger partial charge in [0.15, 0.2) is 6.10 Å². The fraction of sp³-hybridized carbons (Fsp3) is 0.786. The quantitative estimate of drug-likeness (QED) is 0.535. The number of rotatable bonds is 4. The second kappa shape index (κ2) is 9.56. The van der Waals surface area contributed by atoms with Crippen molar-refractivity contribution in [1.82, 2.24) is 10.6 Å². The van der Waals surface area contributed by atoms with Crippen LogP contribution in [0.25, 0.3) is 0 Å². The van der Waals surface area contributed by atoms with Crippen molar-refractivity contribution < 1.29 is 32.7 Å². The zero-order valence-electron chi connectivity index (χ0n) is 14.8. The van der Waals surface area contributed by atoms with Gasteiger partial charge >= 0.3 is 12.8 Å². The van der Waals surface area contributed by atoms with Crippen LogP contribution < -0.4 is 10.6 Å². The number of hydrogen-bond donors (Lipinski definition) is 2. The Kier molecular flexibility index (Phi) is 8.40. The molecule has 1 rings (SSSR count). The zero-order valence-corrected chi connectivity index (χ0v) is 16.5. The van der Waals surface area contributed by atoms with Gasteiger partial charge in [0.25, 0.3) is 0 Å². The highest BCUT2D eigenvalue weighted by molar-refractivity contribution is 8.55. The SMILES string of the molecule is COP1(=O)O[C@H](C(C)(C)COC(C)=O)C(=O)NCCC(=O)NCCS1. The van der Waals surface area contributed by atoms with Gasteiger partial charge in [0.05, 0.1) is 6.61 Å². The van der Waals surface area contributed by atoms with Gasteiger partial charge < -0.3 is 19.9 Å². The van der Waals surface area contributed by atoms with Gasteiger partial charge in [-0.1, -0.05) is 13.8 Å². The Morgan fingerprint density at radius 1 is 1.36 bits per heavy atom. The topological polar surface area (TPSA) is 120 Å². The monoisotopic (exact) mass is 396 g/mol. The minimum atomic E-state index is -3.64. The van der Waals surface area contributed by atoms with Crippen molar-refractivity contribution in [1.29, 1.82) is 0 Å². The molecule has 1 aliphatic rings. The van der Waals surface area contributed by atoms with Gasteiger partial charge in [0.2, 0.25) is 11.8 Å². The van der Waals surface area contributed by atoms with E-state index in [-0.39, 0.29) is 25.5 Å². The van der Waals surface area contributed by atoms with Crippen molar-refractivity contribution in [3.8, 4) is 0 Å². The van der Waals surface area contributed by atoms with E-state index in [1.54, 1.807) is 13.8 Å². The van der Waals surface area contributed by atoms with Crippen LogP contribution >= 0.6 is 18.2 Å². The molecule has 1 heterocycles. The molecule has 0 aromatic carbocycles. The van der Waals surface area contributed by atoms with Crippen LogP contribution in [0.1, 0.15) is 27.2 Å². The molecule has 25 heavy (non-hydrogen) atoms. The minimum absolute atomic E-state index is 0.102. The van der Waals surface area contributed by atoms with E-state index in [1.165, 1.54) is 14.0 Å². The number of nitrogens with one attached hydrogen (secondary N) is 2. The molecule has 11 heteroatoms. The van der Waals surface area contributed by atoms with Gasteiger partial charge in [0.1, 0.15) is 0 Å². The van der Waals surface area contributed by atoms with Crippen molar-refractivity contribution in [2.75, 3.05) is 32.6 Å². The molecular formula is C14H25N2O7PS. The van der Waals surface area contributed by atoms with Crippen molar-refractivity contribution in [3.05, 3.63) is 0 Å². The minimum Gasteiger partial charge on any atom is -0.465 e. The maximum Gasteiger partial charge on any atom is 0.389 e. The fourth-order valence-electron chi connectivity index (χ4n) is 1.99. The highest BCUT2D eigenvalue weighted by Gasteiger charge is 2.43. The molecule has 0 spiro atoms. The third kappa shape index (κ3) is 7.35. The van der Waals surface area contributed by atoms with E-state index in [0.717, 1.165) is 11.4 Å². The van der Waals surface area contributed by atoms with Gasteiger partial charge in [-0.2, -0.15) is 0 Å². The number of hydrogen-bond acceptors (Lipinski definition) is 8. The molecule has 0 bridgehead atoms. The van der Waals surface area contributed by atoms with Crippen molar-refractivity contribution in [2.24, 2.45) is 5.41 Å². The third-order valence-electron chi connectivity index (χ3n) is 3.38. The number of carbonyl (C=O) groups excluding carboxylic acids is 3. The summed E-state index contributed by atoms with van der Waals surface area (Å²) in [5.74, 6) is -0.966. The summed E-state index contributed by atoms with van der Waals surface area (Å²) >= 11 is 0.895. The van der Waals surface area contributed by atoms with Crippen LogP contribution in [0.3, 0.4) is 0 Å². The first-order valence-electron chi connectivity index (χ1n) is 7.76. The van der Waals surface area contributed by atoms with Gasteiger partial charge in [-0.25, -0.2) is 4.57 Å². The Hall–Kier alpha value is -1.09. The first-order chi connectivity index (χ1) is 11.6. The zero-order chi connectivity index (χ0) is 19.1. The van der Waals surface area contributed by atoms with Crippen molar-refractivity contribution in [2.45, 2.75) is 33.3 Å². The molecule has 0 aromatic heterocycles. The molecule has 9 nitrogen and oxygen atoms in total. The van der Waals surface area contributed by atoms with Crippen LogP contribution in [0.4, 0.5) is 0 Å². The average Bonchev–Trinajstić information content (AvgIpc) is 2.54. The molecule has 1 saturated heterocycles. The predicted molar refractivity (Wildman–Crippen MR) is 93.0 cm³/mol. The number of ether oxygens (including phenoxy) is 1. The molecule has 0 aromatic rings. The summed E-state index contributed by atoms with van der Waals surface area (Å²) in [7, 11) is 1.23. The predicted octanol–water partition coefficient (Wildman–Crippen LogP) is 1.08. The van der Waals surface area contributed by atoms with Crippen molar-refractivity contribution in [3.63, 3.8) is 0 Å². The first-order valence-corrected chi connectivity index (χ1v) is 10.9. The lowest BCUT2D eigenvalue weighted by Gasteiger charge is -2.34. The summed E-state index contributed by atoms with van der Waals surface area (Å²) in [5.41, 5.74) is -0.961. The lowest BCUT2D eigenvalue weighted by molar-refractivity contribution is -0.150. The maximum atomic E-state index is 12.8. The molecule has 0 saturated carbocycles. The molecule has 0 aliphatic carbocycles. The van der Waals surface area contributed by atoms with E-state index in [0.29, 0.717) is 12.3 Å². The maximum absolute atomic E-state index is 12.8. The van der Waals surface area contributed by atoms with Crippen LogP contribution in [0.5, 0.6) is 0 Å². The van der Waals surface area contributed by atoms with Crippen LogP contribution in [0.2, 0.25) is 0 Å². The molecule has 0 radical (unpaired) electrons. The second-order valence-electron chi connectivity index (χ2n) is 6.11. The first kappa shape index (κ1) is 22.0. The van der Waals surface area contributed by atoms with Crippen LogP contribution in [0, 0.1) is 5.41 Å². The molecule has 1 unspecified atom stereocenters. The van der Waals surface area contributed by atoms with Gasteiger partial charge in [-0.05, 0) is 11.4 Å². The summed E-state index contributed by atoms with van der Waals surface area (Å²) < 4.78 is 28.4. The summed E-state index contributed by atoms with van der Waals surface area (Å²) in [6.45, 7) is 1.24. The summed E-state index contributed by atoms with van der Waals surface area (Å²) in [5, 5.41) is 5.24. The number of amides is 2. The summed E-state index contributed by atoms with van der Waals surface area (Å²) in [4.78, 5) is 35.3. The van der Waals surface area contributed by atoms with Crippen LogP contribution in [0.15, 0.2) is 0 Å². The number of carbonyl (C=O) groups is 3. The lowest BCUT2D eigenvalue weighted by Crippen LogP contribution is -2.48. The van der Waals surface area contributed by atoms with Gasteiger partial charge in [-0.15, -0.1) is 0 Å². The van der Waals surface area contributed by atoms with E-state index in [4.69, 9.17) is 13.8 Å². The molecule has 1 aliphatic heterocycles. The highest BCUT2D eigenvalue weighted by Crippen LogP contribution is 2.61. The summed E-state index contributed by atoms with van der Waals surface area (Å²) in [6.07, 6.45) is -1.07. The summed E-state index contributed by atoms with van der Waals surface area (Å²) in [6, 6.07) is 0. The normalized spacial score (nSPS) is 26.6.